The second-order valence-corrected chi connectivity index (χ2v) is 4.77. The van der Waals surface area contributed by atoms with Crippen LogP contribution in [0.15, 0.2) is 48.5 Å². The van der Waals surface area contributed by atoms with Crippen LogP contribution in [0.4, 0.5) is 4.39 Å². The molecule has 0 aliphatic heterocycles. The third-order valence-corrected chi connectivity index (χ3v) is 3.01. The van der Waals surface area contributed by atoms with Gasteiger partial charge >= 0.3 is 0 Å². The summed E-state index contributed by atoms with van der Waals surface area (Å²) >= 11 is 3.34. The maximum absolute atomic E-state index is 13.7. The average Bonchev–Trinajstić information content (AvgIpc) is 2.39. The predicted molar refractivity (Wildman–Crippen MR) is 74.7 cm³/mol. The Bertz CT molecular complexity index is 499. The summed E-state index contributed by atoms with van der Waals surface area (Å²) in [5.74, 6) is 0.00144. The molecule has 2 rings (SSSR count). The van der Waals surface area contributed by atoms with Crippen LogP contribution in [0.5, 0.6) is 5.75 Å². The highest BCUT2D eigenvalue weighted by molar-refractivity contribution is 9.09. The number of halogens is 2. The Balaban J connectivity index is 2.01. The summed E-state index contributed by atoms with van der Waals surface area (Å²) in [6.07, 6.45) is 0.815. The third kappa shape index (κ3) is 3.57. The molecule has 3 heteroatoms. The lowest BCUT2D eigenvalue weighted by Gasteiger charge is -2.08. The largest absolute Gasteiger partial charge is 0.486 e. The average molecular weight is 309 g/mol. The summed E-state index contributed by atoms with van der Waals surface area (Å²) in [5, 5.41) is 0.830. The first kappa shape index (κ1) is 13.1. The van der Waals surface area contributed by atoms with E-state index in [1.165, 1.54) is 6.07 Å². The normalized spacial score (nSPS) is 10.3. The first-order valence-electron chi connectivity index (χ1n) is 5.80. The molecule has 0 atom stereocenters. The molecular formula is C15H14BrFO. The molecule has 2 aromatic rings. The molecule has 0 radical (unpaired) electrons. The van der Waals surface area contributed by atoms with Crippen molar-refractivity contribution in [2.24, 2.45) is 0 Å². The van der Waals surface area contributed by atoms with Crippen LogP contribution < -0.4 is 4.74 Å². The molecule has 0 spiro atoms. The van der Waals surface area contributed by atoms with E-state index in [2.05, 4.69) is 15.9 Å². The number of aryl methyl sites for hydroxylation is 1. The van der Waals surface area contributed by atoms with Crippen molar-refractivity contribution >= 4 is 15.9 Å². The topological polar surface area (TPSA) is 9.23 Å². The van der Waals surface area contributed by atoms with Crippen molar-refractivity contribution in [2.75, 3.05) is 5.33 Å². The monoisotopic (exact) mass is 308 g/mol. The van der Waals surface area contributed by atoms with Crippen LogP contribution >= 0.6 is 15.9 Å². The second-order valence-electron chi connectivity index (χ2n) is 3.98. The third-order valence-electron chi connectivity index (χ3n) is 2.62. The van der Waals surface area contributed by atoms with E-state index in [9.17, 15) is 4.39 Å². The van der Waals surface area contributed by atoms with Gasteiger partial charge in [-0.2, -0.15) is 0 Å². The molecule has 94 valence electrons. The van der Waals surface area contributed by atoms with Crippen molar-refractivity contribution in [2.45, 2.75) is 13.0 Å². The van der Waals surface area contributed by atoms with Crippen molar-refractivity contribution in [1.29, 1.82) is 0 Å². The highest BCUT2D eigenvalue weighted by atomic mass is 79.9. The minimum atomic E-state index is -0.301. The van der Waals surface area contributed by atoms with Crippen molar-refractivity contribution in [1.82, 2.24) is 0 Å². The van der Waals surface area contributed by atoms with E-state index in [4.69, 9.17) is 4.74 Å². The highest BCUT2D eigenvalue weighted by Gasteiger charge is 2.04. The number of rotatable bonds is 5. The number of benzene rings is 2. The Morgan fingerprint density at radius 1 is 1.00 bits per heavy atom. The van der Waals surface area contributed by atoms with Crippen LogP contribution in [0.1, 0.15) is 11.1 Å². The van der Waals surface area contributed by atoms with Gasteiger partial charge in [0.1, 0.15) is 6.61 Å². The maximum atomic E-state index is 13.7. The van der Waals surface area contributed by atoms with Crippen molar-refractivity contribution in [3.8, 4) is 5.75 Å². The Morgan fingerprint density at radius 3 is 2.44 bits per heavy atom. The lowest BCUT2D eigenvalue weighted by molar-refractivity contribution is 0.290. The van der Waals surface area contributed by atoms with E-state index in [-0.39, 0.29) is 5.82 Å². The molecule has 1 nitrogen and oxygen atoms in total. The van der Waals surface area contributed by atoms with Crippen molar-refractivity contribution in [3.05, 3.63) is 65.5 Å². The van der Waals surface area contributed by atoms with Gasteiger partial charge in [0.05, 0.1) is 0 Å². The molecule has 0 fully saturated rings. The molecule has 0 amide bonds. The Morgan fingerprint density at radius 2 is 1.78 bits per heavy atom. The van der Waals surface area contributed by atoms with Crippen molar-refractivity contribution in [3.63, 3.8) is 0 Å². The number of hydrogen-bond donors (Lipinski definition) is 0. The molecule has 0 heterocycles. The van der Waals surface area contributed by atoms with Crippen LogP contribution in [0, 0.1) is 5.82 Å². The van der Waals surface area contributed by atoms with Gasteiger partial charge < -0.3 is 4.74 Å². The highest BCUT2D eigenvalue weighted by Crippen LogP contribution is 2.20. The van der Waals surface area contributed by atoms with Gasteiger partial charge in [0.2, 0.25) is 0 Å². The van der Waals surface area contributed by atoms with E-state index >= 15 is 0 Å². The van der Waals surface area contributed by atoms with Crippen LogP contribution in [0.25, 0.3) is 0 Å². The van der Waals surface area contributed by atoms with E-state index in [1.807, 2.05) is 36.4 Å². The number of hydrogen-bond acceptors (Lipinski definition) is 1. The fourth-order valence-corrected chi connectivity index (χ4v) is 2.12. The molecule has 2 aromatic carbocycles. The van der Waals surface area contributed by atoms with Gasteiger partial charge in [-0.15, -0.1) is 0 Å². The predicted octanol–water partition coefficient (Wildman–Crippen LogP) is 4.34. The van der Waals surface area contributed by atoms with Gasteiger partial charge in [0.15, 0.2) is 11.6 Å². The van der Waals surface area contributed by atoms with Gasteiger partial charge in [-0.25, -0.2) is 4.39 Å². The molecule has 0 aliphatic carbocycles. The molecule has 0 aromatic heterocycles. The summed E-state index contributed by atoms with van der Waals surface area (Å²) in [7, 11) is 0. The fourth-order valence-electron chi connectivity index (χ4n) is 1.66. The summed E-state index contributed by atoms with van der Waals surface area (Å²) in [6.45, 7) is 0.384. The second kappa shape index (κ2) is 6.55. The zero-order valence-electron chi connectivity index (χ0n) is 9.90. The van der Waals surface area contributed by atoms with E-state index in [1.54, 1.807) is 6.07 Å². The summed E-state index contributed by atoms with van der Waals surface area (Å²) in [5.41, 5.74) is 2.00. The molecule has 0 saturated heterocycles. The van der Waals surface area contributed by atoms with Crippen LogP contribution in [-0.2, 0) is 13.0 Å². The molecule has 0 bridgehead atoms. The molecule has 0 aliphatic rings. The first-order valence-corrected chi connectivity index (χ1v) is 6.93. The summed E-state index contributed by atoms with van der Waals surface area (Å²) < 4.78 is 19.2. The van der Waals surface area contributed by atoms with Gasteiger partial charge in [0.25, 0.3) is 0 Å². The maximum Gasteiger partial charge on any atom is 0.165 e. The Kier molecular flexibility index (Phi) is 4.76. The summed E-state index contributed by atoms with van der Waals surface area (Å²) in [6, 6.07) is 14.8. The SMILES string of the molecule is Fc1cc(CCBr)ccc1OCc1ccccc1. The molecule has 0 saturated carbocycles. The lowest BCUT2D eigenvalue weighted by atomic mass is 10.1. The minimum Gasteiger partial charge on any atom is -0.486 e. The minimum absolute atomic E-state index is 0.301. The Hall–Kier alpha value is -1.35. The number of alkyl halides is 1. The quantitative estimate of drug-likeness (QED) is 0.747. The van der Waals surface area contributed by atoms with Gasteiger partial charge in [-0.1, -0.05) is 52.3 Å². The van der Waals surface area contributed by atoms with Crippen LogP contribution in [-0.4, -0.2) is 5.33 Å². The van der Waals surface area contributed by atoms with Gasteiger partial charge in [-0.3, -0.25) is 0 Å². The zero-order chi connectivity index (χ0) is 12.8. The standard InChI is InChI=1S/C15H14BrFO/c16-9-8-12-6-7-15(14(17)10-12)18-11-13-4-2-1-3-5-13/h1-7,10H,8-9,11H2. The lowest BCUT2D eigenvalue weighted by Crippen LogP contribution is -1.98. The first-order chi connectivity index (χ1) is 8.79. The Labute approximate surface area is 115 Å². The molecule has 0 N–H and O–H groups in total. The smallest absolute Gasteiger partial charge is 0.165 e. The number of ether oxygens (including phenoxy) is 1. The van der Waals surface area contributed by atoms with E-state index < -0.39 is 0 Å². The van der Waals surface area contributed by atoms with Gasteiger partial charge in [0, 0.05) is 5.33 Å². The molecule has 18 heavy (non-hydrogen) atoms. The van der Waals surface area contributed by atoms with Crippen LogP contribution in [0.2, 0.25) is 0 Å². The van der Waals surface area contributed by atoms with E-state index in [0.29, 0.717) is 12.4 Å². The summed E-state index contributed by atoms with van der Waals surface area (Å²) in [4.78, 5) is 0. The van der Waals surface area contributed by atoms with Crippen molar-refractivity contribution < 1.29 is 9.13 Å². The zero-order valence-corrected chi connectivity index (χ0v) is 11.5. The van der Waals surface area contributed by atoms with Gasteiger partial charge in [-0.05, 0) is 29.7 Å². The van der Waals surface area contributed by atoms with E-state index in [0.717, 1.165) is 22.9 Å². The fraction of sp³-hybridized carbons (Fsp3) is 0.200. The van der Waals surface area contributed by atoms with Crippen LogP contribution in [0.3, 0.4) is 0 Å². The molecule has 0 unspecified atom stereocenters. The molecular weight excluding hydrogens is 295 g/mol.